The molecule has 0 atom stereocenters. The van der Waals surface area contributed by atoms with E-state index in [0.717, 1.165) is 39.0 Å². The summed E-state index contributed by atoms with van der Waals surface area (Å²) >= 11 is 0. The predicted molar refractivity (Wildman–Crippen MR) is 63.5 cm³/mol. The summed E-state index contributed by atoms with van der Waals surface area (Å²) in [6, 6.07) is 0. The first-order chi connectivity index (χ1) is 7.26. The molecule has 0 aliphatic carbocycles. The molecule has 0 aromatic heterocycles. The van der Waals surface area contributed by atoms with Crippen LogP contribution in [0, 0.1) is 12.3 Å². The lowest BCUT2D eigenvalue weighted by molar-refractivity contribution is -0.130. The Hall–Kier alpha value is -1.01. The van der Waals surface area contributed by atoms with Crippen LogP contribution in [0.3, 0.4) is 0 Å². The number of nitrogens with zero attached hydrogens (tertiary/aromatic N) is 1. The van der Waals surface area contributed by atoms with Gasteiger partial charge in [0, 0.05) is 32.5 Å². The average Bonchev–Trinajstić information content (AvgIpc) is 2.25. The van der Waals surface area contributed by atoms with Crippen LogP contribution in [0.1, 0.15) is 33.1 Å². The minimum atomic E-state index is 0.226. The maximum absolute atomic E-state index is 11.5. The lowest BCUT2D eigenvalue weighted by Crippen LogP contribution is -2.33. The quantitative estimate of drug-likeness (QED) is 0.483. The van der Waals surface area contributed by atoms with Crippen molar-refractivity contribution >= 4 is 5.91 Å². The van der Waals surface area contributed by atoms with Gasteiger partial charge in [-0.05, 0) is 26.8 Å². The van der Waals surface area contributed by atoms with Crippen molar-refractivity contribution < 1.29 is 4.79 Å². The minimum Gasteiger partial charge on any atom is -0.343 e. The highest BCUT2D eigenvalue weighted by Gasteiger charge is 2.07. The Morgan fingerprint density at radius 3 is 2.53 bits per heavy atom. The summed E-state index contributed by atoms with van der Waals surface area (Å²) in [7, 11) is 0. The van der Waals surface area contributed by atoms with Crippen LogP contribution in [0.15, 0.2) is 0 Å². The van der Waals surface area contributed by atoms with E-state index in [1.807, 2.05) is 18.7 Å². The number of rotatable bonds is 8. The van der Waals surface area contributed by atoms with E-state index in [2.05, 4.69) is 11.2 Å². The van der Waals surface area contributed by atoms with Gasteiger partial charge in [-0.1, -0.05) is 0 Å². The number of hydrogen-bond acceptors (Lipinski definition) is 2. The van der Waals surface area contributed by atoms with Crippen LogP contribution in [0.4, 0.5) is 0 Å². The maximum atomic E-state index is 11.5. The Balaban J connectivity index is 3.43. The molecule has 1 N–H and O–H groups in total. The monoisotopic (exact) mass is 210 g/mol. The third-order valence-corrected chi connectivity index (χ3v) is 2.31. The van der Waals surface area contributed by atoms with Gasteiger partial charge in [0.25, 0.3) is 0 Å². The van der Waals surface area contributed by atoms with Gasteiger partial charge in [-0.3, -0.25) is 4.79 Å². The number of nitrogens with one attached hydrogen (secondary N) is 1. The molecule has 0 aliphatic heterocycles. The molecule has 0 saturated heterocycles. The van der Waals surface area contributed by atoms with Crippen molar-refractivity contribution in [2.24, 2.45) is 0 Å². The summed E-state index contributed by atoms with van der Waals surface area (Å²) in [6.07, 6.45) is 7.49. The summed E-state index contributed by atoms with van der Waals surface area (Å²) in [5.74, 6) is 2.82. The van der Waals surface area contributed by atoms with Gasteiger partial charge in [-0.25, -0.2) is 0 Å². The SMILES string of the molecule is C#CCCCNCCC(=O)N(CC)CC. The fourth-order valence-electron chi connectivity index (χ4n) is 1.37. The third-order valence-electron chi connectivity index (χ3n) is 2.31. The highest BCUT2D eigenvalue weighted by atomic mass is 16.2. The first-order valence-electron chi connectivity index (χ1n) is 5.68. The molecule has 0 radical (unpaired) electrons. The van der Waals surface area contributed by atoms with Gasteiger partial charge in [-0.15, -0.1) is 12.3 Å². The molecular formula is C12H22N2O. The molecule has 3 heteroatoms. The van der Waals surface area contributed by atoms with Crippen molar-refractivity contribution in [3.05, 3.63) is 0 Å². The second-order valence-electron chi connectivity index (χ2n) is 3.37. The van der Waals surface area contributed by atoms with E-state index in [1.54, 1.807) is 0 Å². The fourth-order valence-corrected chi connectivity index (χ4v) is 1.37. The van der Waals surface area contributed by atoms with E-state index in [0.29, 0.717) is 6.42 Å². The number of amides is 1. The predicted octanol–water partition coefficient (Wildman–Crippen LogP) is 1.25. The summed E-state index contributed by atoms with van der Waals surface area (Å²) in [5, 5.41) is 3.21. The van der Waals surface area contributed by atoms with Crippen LogP contribution in [0.2, 0.25) is 0 Å². The van der Waals surface area contributed by atoms with Gasteiger partial charge in [0.15, 0.2) is 0 Å². The number of carbonyl (C=O) groups excluding carboxylic acids is 1. The molecule has 0 heterocycles. The summed E-state index contributed by atoms with van der Waals surface area (Å²) in [5.41, 5.74) is 0. The second-order valence-corrected chi connectivity index (χ2v) is 3.37. The zero-order valence-electron chi connectivity index (χ0n) is 9.88. The molecule has 0 saturated carbocycles. The van der Waals surface area contributed by atoms with E-state index in [4.69, 9.17) is 6.42 Å². The number of hydrogen-bond donors (Lipinski definition) is 1. The standard InChI is InChI=1S/C12H22N2O/c1-4-7-8-10-13-11-9-12(15)14(5-2)6-3/h1,13H,5-11H2,2-3H3. The molecule has 1 amide bonds. The zero-order valence-corrected chi connectivity index (χ0v) is 9.88. The van der Waals surface area contributed by atoms with Crippen molar-refractivity contribution in [3.63, 3.8) is 0 Å². The molecule has 0 aromatic carbocycles. The van der Waals surface area contributed by atoms with Crippen LogP contribution in [-0.2, 0) is 4.79 Å². The van der Waals surface area contributed by atoms with Gasteiger partial charge in [-0.2, -0.15) is 0 Å². The smallest absolute Gasteiger partial charge is 0.223 e. The molecule has 0 bridgehead atoms. The molecule has 0 fully saturated rings. The van der Waals surface area contributed by atoms with Crippen LogP contribution in [0.25, 0.3) is 0 Å². The Labute approximate surface area is 93.2 Å². The molecular weight excluding hydrogens is 188 g/mol. The highest BCUT2D eigenvalue weighted by Crippen LogP contribution is 1.92. The van der Waals surface area contributed by atoms with Crippen LogP contribution >= 0.6 is 0 Å². The van der Waals surface area contributed by atoms with Gasteiger partial charge >= 0.3 is 0 Å². The molecule has 0 unspecified atom stereocenters. The van der Waals surface area contributed by atoms with Gasteiger partial charge in [0.1, 0.15) is 0 Å². The second kappa shape index (κ2) is 9.54. The summed E-state index contributed by atoms with van der Waals surface area (Å²) < 4.78 is 0. The topological polar surface area (TPSA) is 32.3 Å². The van der Waals surface area contributed by atoms with Crippen LogP contribution in [-0.4, -0.2) is 37.0 Å². The minimum absolute atomic E-state index is 0.226. The van der Waals surface area contributed by atoms with Crippen molar-refractivity contribution in [1.82, 2.24) is 10.2 Å². The molecule has 0 spiro atoms. The Bertz CT molecular complexity index is 204. The van der Waals surface area contributed by atoms with E-state index >= 15 is 0 Å². The van der Waals surface area contributed by atoms with Crippen molar-refractivity contribution in [2.45, 2.75) is 33.1 Å². The Morgan fingerprint density at radius 2 is 2.00 bits per heavy atom. The maximum Gasteiger partial charge on any atom is 0.223 e. The van der Waals surface area contributed by atoms with E-state index in [1.165, 1.54) is 0 Å². The van der Waals surface area contributed by atoms with E-state index in [9.17, 15) is 4.79 Å². The van der Waals surface area contributed by atoms with Crippen molar-refractivity contribution in [2.75, 3.05) is 26.2 Å². The normalized spacial score (nSPS) is 9.67. The zero-order chi connectivity index (χ0) is 11.5. The first-order valence-corrected chi connectivity index (χ1v) is 5.68. The van der Waals surface area contributed by atoms with Gasteiger partial charge in [0.05, 0.1) is 0 Å². The highest BCUT2D eigenvalue weighted by molar-refractivity contribution is 5.76. The molecule has 0 rings (SSSR count). The molecule has 0 aromatic rings. The fraction of sp³-hybridized carbons (Fsp3) is 0.750. The van der Waals surface area contributed by atoms with Crippen LogP contribution < -0.4 is 5.32 Å². The number of carbonyl (C=O) groups is 1. The number of terminal acetylenes is 1. The lowest BCUT2D eigenvalue weighted by Gasteiger charge is -2.18. The summed E-state index contributed by atoms with van der Waals surface area (Å²) in [6.45, 7) is 7.25. The Kier molecular flexibility index (Phi) is 8.90. The molecule has 0 aliphatic rings. The van der Waals surface area contributed by atoms with Gasteiger partial charge in [0.2, 0.25) is 5.91 Å². The van der Waals surface area contributed by atoms with E-state index in [-0.39, 0.29) is 5.91 Å². The molecule has 86 valence electrons. The average molecular weight is 210 g/mol. The van der Waals surface area contributed by atoms with Gasteiger partial charge < -0.3 is 10.2 Å². The summed E-state index contributed by atoms with van der Waals surface area (Å²) in [4.78, 5) is 13.4. The Morgan fingerprint density at radius 1 is 1.33 bits per heavy atom. The molecule has 15 heavy (non-hydrogen) atoms. The number of unbranched alkanes of at least 4 members (excludes halogenated alkanes) is 1. The lowest BCUT2D eigenvalue weighted by atomic mass is 10.3. The third kappa shape index (κ3) is 6.98. The molecule has 3 nitrogen and oxygen atoms in total. The first kappa shape index (κ1) is 14.0. The van der Waals surface area contributed by atoms with Crippen molar-refractivity contribution in [3.8, 4) is 12.3 Å². The van der Waals surface area contributed by atoms with E-state index < -0.39 is 0 Å². The van der Waals surface area contributed by atoms with Crippen LogP contribution in [0.5, 0.6) is 0 Å². The van der Waals surface area contributed by atoms with Crippen molar-refractivity contribution in [1.29, 1.82) is 0 Å². The largest absolute Gasteiger partial charge is 0.343 e.